The number of H-pyrrole nitrogens is 1. The molecular weight excluding hydrogens is 316 g/mol. The first-order valence-corrected chi connectivity index (χ1v) is 8.51. The van der Waals surface area contributed by atoms with Crippen molar-refractivity contribution in [1.29, 1.82) is 0 Å². The van der Waals surface area contributed by atoms with E-state index < -0.39 is 5.97 Å². The van der Waals surface area contributed by atoms with Crippen LogP contribution in [0, 0.1) is 13.8 Å². The summed E-state index contributed by atoms with van der Waals surface area (Å²) in [7, 11) is 0. The van der Waals surface area contributed by atoms with Gasteiger partial charge in [0.1, 0.15) is 0 Å². The number of carbonyl (C=O) groups excluding carboxylic acids is 2. The molecule has 0 aliphatic heterocycles. The summed E-state index contributed by atoms with van der Waals surface area (Å²) in [5.41, 5.74) is 4.02. The summed E-state index contributed by atoms with van der Waals surface area (Å²) in [5, 5.41) is 0.798. The second-order valence-corrected chi connectivity index (χ2v) is 6.63. The molecular formula is C20H20N2O3. The number of aromatic nitrogens is 2. The Balaban J connectivity index is 1.49. The van der Waals surface area contributed by atoms with E-state index in [4.69, 9.17) is 4.74 Å². The van der Waals surface area contributed by atoms with Crippen molar-refractivity contribution in [3.8, 4) is 0 Å². The monoisotopic (exact) mass is 336 g/mol. The van der Waals surface area contributed by atoms with Gasteiger partial charge in [-0.2, -0.15) is 0 Å². The van der Waals surface area contributed by atoms with Crippen LogP contribution < -0.4 is 0 Å². The molecule has 0 bridgehead atoms. The largest absolute Gasteiger partial charge is 0.454 e. The molecule has 25 heavy (non-hydrogen) atoms. The Kier molecular flexibility index (Phi) is 3.71. The molecule has 1 aliphatic carbocycles. The summed E-state index contributed by atoms with van der Waals surface area (Å²) in [6.07, 6.45) is 3.95. The zero-order valence-electron chi connectivity index (χ0n) is 14.3. The molecule has 3 aromatic rings. The highest BCUT2D eigenvalue weighted by Crippen LogP contribution is 2.38. The van der Waals surface area contributed by atoms with Crippen LogP contribution in [0.1, 0.15) is 51.0 Å². The van der Waals surface area contributed by atoms with Crippen LogP contribution in [-0.2, 0) is 4.74 Å². The van der Waals surface area contributed by atoms with Gasteiger partial charge in [0.2, 0.25) is 5.78 Å². The van der Waals surface area contributed by atoms with Crippen LogP contribution in [0.5, 0.6) is 0 Å². The molecule has 1 aromatic carbocycles. The summed E-state index contributed by atoms with van der Waals surface area (Å²) < 4.78 is 7.49. The first-order valence-electron chi connectivity index (χ1n) is 8.51. The number of aromatic amines is 1. The standard InChI is InChI=1S/C20H20N2O3/c1-12-9-16(13(2)22(12)14-7-8-14)19(23)11-25-20(24)17-10-21-18-6-4-3-5-15(17)18/h3-6,9-10,14,21H,7-8,11H2,1-2H3. The van der Waals surface area contributed by atoms with Gasteiger partial charge in [0.05, 0.1) is 5.56 Å². The number of ether oxygens (including phenoxy) is 1. The van der Waals surface area contributed by atoms with Gasteiger partial charge in [-0.15, -0.1) is 0 Å². The molecule has 4 rings (SSSR count). The maximum Gasteiger partial charge on any atom is 0.340 e. The lowest BCUT2D eigenvalue weighted by molar-refractivity contribution is 0.0476. The second-order valence-electron chi connectivity index (χ2n) is 6.63. The fraction of sp³-hybridized carbons (Fsp3) is 0.300. The number of esters is 1. The molecule has 0 radical (unpaired) electrons. The Morgan fingerprint density at radius 2 is 1.96 bits per heavy atom. The molecule has 2 aromatic heterocycles. The highest BCUT2D eigenvalue weighted by Gasteiger charge is 2.28. The van der Waals surface area contributed by atoms with Crippen molar-refractivity contribution < 1.29 is 14.3 Å². The van der Waals surface area contributed by atoms with Crippen molar-refractivity contribution in [3.05, 3.63) is 59.0 Å². The number of carbonyl (C=O) groups is 2. The quantitative estimate of drug-likeness (QED) is 0.566. The third-order valence-electron chi connectivity index (χ3n) is 4.84. The smallest absolute Gasteiger partial charge is 0.340 e. The van der Waals surface area contributed by atoms with E-state index in [2.05, 4.69) is 9.55 Å². The van der Waals surface area contributed by atoms with Crippen LogP contribution in [0.2, 0.25) is 0 Å². The highest BCUT2D eigenvalue weighted by atomic mass is 16.5. The number of aryl methyl sites for hydroxylation is 1. The van der Waals surface area contributed by atoms with E-state index in [9.17, 15) is 9.59 Å². The maximum atomic E-state index is 12.5. The minimum Gasteiger partial charge on any atom is -0.454 e. The Labute approximate surface area is 145 Å². The molecule has 0 unspecified atom stereocenters. The molecule has 0 spiro atoms. The normalized spacial score (nSPS) is 14.0. The first kappa shape index (κ1) is 15.7. The maximum absolute atomic E-state index is 12.5. The Bertz CT molecular complexity index is 976. The number of nitrogens with zero attached hydrogens (tertiary/aromatic N) is 1. The number of rotatable bonds is 5. The van der Waals surface area contributed by atoms with Crippen molar-refractivity contribution in [1.82, 2.24) is 9.55 Å². The number of hydrogen-bond donors (Lipinski definition) is 1. The Hall–Kier alpha value is -2.82. The van der Waals surface area contributed by atoms with Gasteiger partial charge in [0, 0.05) is 40.1 Å². The van der Waals surface area contributed by atoms with Gasteiger partial charge in [-0.05, 0) is 38.8 Å². The number of ketones is 1. The molecule has 128 valence electrons. The van der Waals surface area contributed by atoms with Crippen molar-refractivity contribution in [2.45, 2.75) is 32.7 Å². The molecule has 5 nitrogen and oxygen atoms in total. The van der Waals surface area contributed by atoms with Crippen molar-refractivity contribution in [3.63, 3.8) is 0 Å². The van der Waals surface area contributed by atoms with Crippen LogP contribution in [-0.4, -0.2) is 27.9 Å². The number of Topliss-reactive ketones (excluding diaryl/α,β-unsaturated/α-hetero) is 1. The number of benzene rings is 1. The van der Waals surface area contributed by atoms with Gasteiger partial charge in [-0.3, -0.25) is 4.79 Å². The third kappa shape index (κ3) is 2.76. The highest BCUT2D eigenvalue weighted by molar-refractivity contribution is 6.05. The molecule has 1 aliphatic rings. The first-order chi connectivity index (χ1) is 12.1. The third-order valence-corrected chi connectivity index (χ3v) is 4.84. The summed E-state index contributed by atoms with van der Waals surface area (Å²) in [6, 6.07) is 9.93. The van der Waals surface area contributed by atoms with Gasteiger partial charge in [-0.1, -0.05) is 18.2 Å². The van der Waals surface area contributed by atoms with Crippen LogP contribution in [0.15, 0.2) is 36.5 Å². The zero-order chi connectivity index (χ0) is 17.6. The van der Waals surface area contributed by atoms with Crippen LogP contribution >= 0.6 is 0 Å². The minimum absolute atomic E-state index is 0.159. The molecule has 2 heterocycles. The second kappa shape index (κ2) is 5.92. The van der Waals surface area contributed by atoms with E-state index in [1.165, 1.54) is 12.8 Å². The lowest BCUT2D eigenvalue weighted by Crippen LogP contribution is -2.15. The van der Waals surface area contributed by atoms with Gasteiger partial charge >= 0.3 is 5.97 Å². The lowest BCUT2D eigenvalue weighted by atomic mass is 10.1. The van der Waals surface area contributed by atoms with E-state index in [0.29, 0.717) is 17.2 Å². The predicted octanol–water partition coefficient (Wildman–Crippen LogP) is 3.96. The summed E-state index contributed by atoms with van der Waals surface area (Å²) in [5.74, 6) is -0.644. The van der Waals surface area contributed by atoms with Crippen molar-refractivity contribution in [2.75, 3.05) is 6.61 Å². The summed E-state index contributed by atoms with van der Waals surface area (Å²) in [6.45, 7) is 3.73. The van der Waals surface area contributed by atoms with E-state index >= 15 is 0 Å². The summed E-state index contributed by atoms with van der Waals surface area (Å²) >= 11 is 0. The molecule has 0 saturated heterocycles. The average Bonchev–Trinajstić information content (AvgIpc) is 3.26. The Morgan fingerprint density at radius 1 is 1.20 bits per heavy atom. The molecule has 1 saturated carbocycles. The topological polar surface area (TPSA) is 64.1 Å². The van der Waals surface area contributed by atoms with Gasteiger partial charge < -0.3 is 14.3 Å². The van der Waals surface area contributed by atoms with E-state index in [1.807, 2.05) is 44.2 Å². The molecule has 1 fully saturated rings. The zero-order valence-corrected chi connectivity index (χ0v) is 14.3. The SMILES string of the molecule is Cc1cc(C(=O)COC(=O)c2c[nH]c3ccccc23)c(C)n1C1CC1. The molecule has 5 heteroatoms. The van der Waals surface area contributed by atoms with Crippen molar-refractivity contribution in [2.24, 2.45) is 0 Å². The van der Waals surface area contributed by atoms with Gasteiger partial charge in [0.25, 0.3) is 0 Å². The number of fused-ring (bicyclic) bond motifs is 1. The Morgan fingerprint density at radius 3 is 2.72 bits per heavy atom. The van der Waals surface area contributed by atoms with Crippen LogP contribution in [0.4, 0.5) is 0 Å². The lowest BCUT2D eigenvalue weighted by Gasteiger charge is -2.07. The number of nitrogens with one attached hydrogen (secondary N) is 1. The minimum atomic E-state index is -0.484. The van der Waals surface area contributed by atoms with Gasteiger partial charge in [-0.25, -0.2) is 4.79 Å². The van der Waals surface area contributed by atoms with E-state index in [0.717, 1.165) is 22.3 Å². The van der Waals surface area contributed by atoms with Crippen molar-refractivity contribution >= 4 is 22.7 Å². The molecule has 0 amide bonds. The fourth-order valence-corrected chi connectivity index (χ4v) is 3.48. The average molecular weight is 336 g/mol. The fourth-order valence-electron chi connectivity index (χ4n) is 3.48. The number of hydrogen-bond acceptors (Lipinski definition) is 3. The number of para-hydroxylation sites is 1. The molecule has 0 atom stereocenters. The van der Waals surface area contributed by atoms with E-state index in [-0.39, 0.29) is 12.4 Å². The predicted molar refractivity (Wildman–Crippen MR) is 95.1 cm³/mol. The van der Waals surface area contributed by atoms with E-state index in [1.54, 1.807) is 6.20 Å². The molecule has 1 N–H and O–H groups in total. The van der Waals surface area contributed by atoms with Crippen LogP contribution in [0.25, 0.3) is 10.9 Å². The van der Waals surface area contributed by atoms with Gasteiger partial charge in [0.15, 0.2) is 6.61 Å². The summed E-state index contributed by atoms with van der Waals surface area (Å²) in [4.78, 5) is 27.9. The van der Waals surface area contributed by atoms with Crippen LogP contribution in [0.3, 0.4) is 0 Å².